The van der Waals surface area contributed by atoms with Gasteiger partial charge in [-0.15, -0.1) is 11.3 Å². The first-order valence-electron chi connectivity index (χ1n) is 7.20. The number of hydrogen-bond donors (Lipinski definition) is 1. The summed E-state index contributed by atoms with van der Waals surface area (Å²) in [6, 6.07) is 4.80. The van der Waals surface area contributed by atoms with E-state index in [1.54, 1.807) is 0 Å². The van der Waals surface area contributed by atoms with Crippen LogP contribution in [-0.4, -0.2) is 15.8 Å². The van der Waals surface area contributed by atoms with Crippen LogP contribution in [0.5, 0.6) is 0 Å². The summed E-state index contributed by atoms with van der Waals surface area (Å²) in [7, 11) is 0. The second kappa shape index (κ2) is 6.29. The Morgan fingerprint density at radius 3 is 2.36 bits per heavy atom. The Hall–Kier alpha value is -3.32. The highest BCUT2D eigenvalue weighted by Crippen LogP contribution is 2.38. The van der Waals surface area contributed by atoms with E-state index < -0.39 is 27.1 Å². The number of nitro benzene ring substituents is 2. The van der Waals surface area contributed by atoms with Crippen LogP contribution < -0.4 is 5.32 Å². The molecule has 0 fully saturated rings. The smallest absolute Gasteiger partial charge is 0.277 e. The number of nitriles is 1. The Morgan fingerprint density at radius 1 is 1.16 bits per heavy atom. The van der Waals surface area contributed by atoms with Gasteiger partial charge >= 0.3 is 0 Å². The molecule has 1 aromatic heterocycles. The molecule has 25 heavy (non-hydrogen) atoms. The number of carbonyl (C=O) groups excluding carboxylic acids is 1. The van der Waals surface area contributed by atoms with Crippen molar-refractivity contribution in [2.45, 2.75) is 19.3 Å². The molecule has 126 valence electrons. The summed E-state index contributed by atoms with van der Waals surface area (Å²) in [5, 5.41) is 34.1. The monoisotopic (exact) mass is 358 g/mol. The van der Waals surface area contributed by atoms with Gasteiger partial charge in [0.1, 0.15) is 11.1 Å². The number of amides is 1. The Bertz CT molecular complexity index is 927. The summed E-state index contributed by atoms with van der Waals surface area (Å²) in [5.41, 5.74) is 0.0130. The molecule has 1 aliphatic carbocycles. The Morgan fingerprint density at radius 2 is 1.80 bits per heavy atom. The summed E-state index contributed by atoms with van der Waals surface area (Å²) in [6.45, 7) is 0. The summed E-state index contributed by atoms with van der Waals surface area (Å²) in [5.74, 6) is -0.733. The van der Waals surface area contributed by atoms with Gasteiger partial charge in [0, 0.05) is 17.0 Å². The van der Waals surface area contributed by atoms with Crippen molar-refractivity contribution < 1.29 is 14.6 Å². The maximum absolute atomic E-state index is 12.4. The van der Waals surface area contributed by atoms with Crippen molar-refractivity contribution in [3.8, 4) is 6.07 Å². The first-order chi connectivity index (χ1) is 11.9. The first kappa shape index (κ1) is 16.5. The molecule has 1 heterocycles. The van der Waals surface area contributed by atoms with E-state index in [4.69, 9.17) is 0 Å². The summed E-state index contributed by atoms with van der Waals surface area (Å²) in [6.07, 6.45) is 2.57. The van der Waals surface area contributed by atoms with Crippen LogP contribution in [0.1, 0.15) is 32.8 Å². The lowest BCUT2D eigenvalue weighted by atomic mass is 10.1. The summed E-state index contributed by atoms with van der Waals surface area (Å²) in [4.78, 5) is 33.7. The lowest BCUT2D eigenvalue weighted by Gasteiger charge is -2.04. The van der Waals surface area contributed by atoms with Crippen LogP contribution in [0, 0.1) is 31.6 Å². The van der Waals surface area contributed by atoms with Gasteiger partial charge in [0.05, 0.1) is 27.0 Å². The molecule has 0 saturated heterocycles. The molecule has 0 bridgehead atoms. The van der Waals surface area contributed by atoms with Gasteiger partial charge in [-0.2, -0.15) is 5.26 Å². The van der Waals surface area contributed by atoms with Gasteiger partial charge in [0.25, 0.3) is 17.3 Å². The number of nitrogens with one attached hydrogen (secondary N) is 1. The van der Waals surface area contributed by atoms with E-state index >= 15 is 0 Å². The average molecular weight is 358 g/mol. The minimum Gasteiger partial charge on any atom is -0.312 e. The molecule has 0 unspecified atom stereocenters. The third kappa shape index (κ3) is 3.05. The van der Waals surface area contributed by atoms with Gasteiger partial charge < -0.3 is 5.32 Å². The van der Waals surface area contributed by atoms with E-state index in [1.165, 1.54) is 11.3 Å². The molecule has 3 rings (SSSR count). The second-order valence-electron chi connectivity index (χ2n) is 5.38. The summed E-state index contributed by atoms with van der Waals surface area (Å²) < 4.78 is 0. The number of hydrogen-bond acceptors (Lipinski definition) is 7. The van der Waals surface area contributed by atoms with Crippen LogP contribution in [0.2, 0.25) is 0 Å². The molecule has 9 nitrogen and oxygen atoms in total. The number of non-ortho nitro benzene ring substituents is 2. The molecule has 1 aromatic carbocycles. The number of carbonyl (C=O) groups is 1. The third-order valence-corrected chi connectivity index (χ3v) is 5.05. The van der Waals surface area contributed by atoms with Gasteiger partial charge in [-0.25, -0.2) is 0 Å². The number of benzene rings is 1. The van der Waals surface area contributed by atoms with Gasteiger partial charge in [-0.1, -0.05) is 0 Å². The molecule has 1 N–H and O–H groups in total. The average Bonchev–Trinajstić information content (AvgIpc) is 3.14. The van der Waals surface area contributed by atoms with Gasteiger partial charge in [0.15, 0.2) is 0 Å². The molecule has 1 amide bonds. The van der Waals surface area contributed by atoms with Crippen molar-refractivity contribution in [3.05, 3.63) is 60.0 Å². The van der Waals surface area contributed by atoms with E-state index in [1.807, 2.05) is 0 Å². The highest BCUT2D eigenvalue weighted by atomic mass is 32.1. The van der Waals surface area contributed by atoms with E-state index in [2.05, 4.69) is 11.4 Å². The Labute approximate surface area is 144 Å². The minimum atomic E-state index is -0.801. The van der Waals surface area contributed by atoms with E-state index in [9.17, 15) is 30.3 Å². The SMILES string of the molecule is N#Cc1c(NC(=O)c2cc([N+](=O)[O-])cc([N+](=O)[O-])c2)sc2c1CCC2. The van der Waals surface area contributed by atoms with Crippen molar-refractivity contribution in [1.29, 1.82) is 5.26 Å². The third-order valence-electron chi connectivity index (χ3n) is 3.85. The maximum atomic E-state index is 12.4. The molecule has 0 aliphatic heterocycles. The van der Waals surface area contributed by atoms with Crippen molar-refractivity contribution in [2.24, 2.45) is 0 Å². The molecule has 10 heteroatoms. The zero-order valence-electron chi connectivity index (χ0n) is 12.6. The highest BCUT2D eigenvalue weighted by Gasteiger charge is 2.25. The number of nitrogens with zero attached hydrogens (tertiary/aromatic N) is 3. The second-order valence-corrected chi connectivity index (χ2v) is 6.48. The normalized spacial score (nSPS) is 12.3. The van der Waals surface area contributed by atoms with Crippen LogP contribution in [0.25, 0.3) is 0 Å². The molecular formula is C15H10N4O5S. The maximum Gasteiger partial charge on any atom is 0.277 e. The highest BCUT2D eigenvalue weighted by molar-refractivity contribution is 7.16. The lowest BCUT2D eigenvalue weighted by molar-refractivity contribution is -0.394. The number of fused-ring (bicyclic) bond motifs is 1. The number of rotatable bonds is 4. The van der Waals surface area contributed by atoms with E-state index in [-0.39, 0.29) is 5.56 Å². The number of anilines is 1. The van der Waals surface area contributed by atoms with E-state index in [0.29, 0.717) is 10.6 Å². The van der Waals surface area contributed by atoms with Crippen LogP contribution >= 0.6 is 11.3 Å². The largest absolute Gasteiger partial charge is 0.312 e. The van der Waals surface area contributed by atoms with Gasteiger partial charge in [0.2, 0.25) is 0 Å². The molecule has 1 aliphatic rings. The van der Waals surface area contributed by atoms with Gasteiger partial charge in [-0.3, -0.25) is 25.0 Å². The zero-order valence-corrected chi connectivity index (χ0v) is 13.5. The fourth-order valence-corrected chi connectivity index (χ4v) is 3.96. The predicted molar refractivity (Wildman–Crippen MR) is 88.8 cm³/mol. The Kier molecular flexibility index (Phi) is 4.16. The zero-order chi connectivity index (χ0) is 18.1. The topological polar surface area (TPSA) is 139 Å². The van der Waals surface area contributed by atoms with Crippen molar-refractivity contribution in [3.63, 3.8) is 0 Å². The van der Waals surface area contributed by atoms with E-state index in [0.717, 1.165) is 47.9 Å². The van der Waals surface area contributed by atoms with Crippen LogP contribution in [0.15, 0.2) is 18.2 Å². The fraction of sp³-hybridized carbons (Fsp3) is 0.200. The van der Waals surface area contributed by atoms with Crippen molar-refractivity contribution >= 4 is 33.6 Å². The number of thiophene rings is 1. The molecule has 2 aromatic rings. The van der Waals surface area contributed by atoms with Crippen molar-refractivity contribution in [2.75, 3.05) is 5.32 Å². The minimum absolute atomic E-state index is 0.210. The van der Waals surface area contributed by atoms with Crippen LogP contribution in [-0.2, 0) is 12.8 Å². The predicted octanol–water partition coefficient (Wildman–Crippen LogP) is 3.18. The van der Waals surface area contributed by atoms with Crippen LogP contribution in [0.4, 0.5) is 16.4 Å². The van der Waals surface area contributed by atoms with Crippen molar-refractivity contribution in [1.82, 2.24) is 0 Å². The first-order valence-corrected chi connectivity index (χ1v) is 8.02. The lowest BCUT2D eigenvalue weighted by Crippen LogP contribution is -2.12. The Balaban J connectivity index is 1.96. The summed E-state index contributed by atoms with van der Waals surface area (Å²) >= 11 is 1.30. The quantitative estimate of drug-likeness (QED) is 0.657. The number of nitro groups is 2. The van der Waals surface area contributed by atoms with Crippen LogP contribution in [0.3, 0.4) is 0 Å². The molecule has 0 atom stereocenters. The van der Waals surface area contributed by atoms with Gasteiger partial charge in [-0.05, 0) is 24.8 Å². The fourth-order valence-electron chi connectivity index (χ4n) is 2.72. The number of aryl methyl sites for hydroxylation is 1. The molecular weight excluding hydrogens is 348 g/mol. The molecule has 0 radical (unpaired) electrons. The standard InChI is InChI=1S/C15H10N4O5S/c16-7-12-11-2-1-3-13(11)25-15(12)17-14(20)8-4-9(18(21)22)6-10(5-8)19(23)24/h4-6H,1-3H2,(H,17,20). The molecule has 0 spiro atoms. The molecule has 0 saturated carbocycles.